The van der Waals surface area contributed by atoms with Crippen LogP contribution in [-0.2, 0) is 15.8 Å². The number of hydrogen-bond acceptors (Lipinski definition) is 5. The van der Waals surface area contributed by atoms with Crippen LogP contribution in [0.5, 0.6) is 11.5 Å². The number of aryl methyl sites for hydroxylation is 1. The molecule has 0 aromatic heterocycles. The van der Waals surface area contributed by atoms with Crippen LogP contribution in [0.25, 0.3) is 6.08 Å². The zero-order valence-electron chi connectivity index (χ0n) is 20.2. The lowest BCUT2D eigenvalue weighted by Crippen LogP contribution is -2.20. The Morgan fingerprint density at radius 2 is 1.74 bits per heavy atom. The van der Waals surface area contributed by atoms with Crippen molar-refractivity contribution >= 4 is 45.2 Å². The summed E-state index contributed by atoms with van der Waals surface area (Å²) < 4.78 is 50.2. The Morgan fingerprint density at radius 1 is 1.05 bits per heavy atom. The minimum Gasteiger partial charge on any atom is -0.493 e. The van der Waals surface area contributed by atoms with Gasteiger partial charge in [-0.05, 0) is 82.5 Å². The molecule has 0 spiro atoms. The van der Waals surface area contributed by atoms with Gasteiger partial charge in [0, 0.05) is 11.4 Å². The number of benzene rings is 3. The highest BCUT2D eigenvalue weighted by molar-refractivity contribution is 9.10. The summed E-state index contributed by atoms with van der Waals surface area (Å²) in [4.78, 5) is 24.9. The summed E-state index contributed by atoms with van der Waals surface area (Å²) >= 11 is 3.34. The third-order valence-electron chi connectivity index (χ3n) is 5.03. The van der Waals surface area contributed by atoms with Crippen LogP contribution in [0.15, 0.2) is 70.7 Å². The number of anilines is 2. The lowest BCUT2D eigenvalue weighted by atomic mass is 10.1. The van der Waals surface area contributed by atoms with E-state index >= 15 is 0 Å². The quantitative estimate of drug-likeness (QED) is 0.236. The third kappa shape index (κ3) is 7.60. The number of methoxy groups -OCH3 is 1. The van der Waals surface area contributed by atoms with Gasteiger partial charge < -0.3 is 20.1 Å². The van der Waals surface area contributed by atoms with Crippen LogP contribution >= 0.6 is 15.9 Å². The van der Waals surface area contributed by atoms with Crippen LogP contribution in [-0.4, -0.2) is 25.5 Å². The minimum absolute atomic E-state index is 0.113. The van der Waals surface area contributed by atoms with Gasteiger partial charge in [0.25, 0.3) is 11.8 Å². The molecule has 11 heteroatoms. The van der Waals surface area contributed by atoms with Crippen LogP contribution in [0, 0.1) is 18.3 Å². The van der Waals surface area contributed by atoms with Gasteiger partial charge >= 0.3 is 6.18 Å². The number of carbonyl (C=O) groups is 2. The first kappa shape index (κ1) is 28.3. The van der Waals surface area contributed by atoms with Gasteiger partial charge in [-0.25, -0.2) is 0 Å². The molecule has 0 aliphatic carbocycles. The normalized spacial score (nSPS) is 11.3. The van der Waals surface area contributed by atoms with E-state index in [1.807, 2.05) is 25.1 Å². The van der Waals surface area contributed by atoms with E-state index in [4.69, 9.17) is 9.47 Å². The summed E-state index contributed by atoms with van der Waals surface area (Å²) in [6, 6.07) is 16.1. The van der Waals surface area contributed by atoms with Crippen molar-refractivity contribution in [3.05, 3.63) is 87.4 Å². The number of alkyl halides is 3. The van der Waals surface area contributed by atoms with Crippen molar-refractivity contribution in [1.29, 1.82) is 5.26 Å². The van der Waals surface area contributed by atoms with Crippen LogP contribution in [0.3, 0.4) is 0 Å². The van der Waals surface area contributed by atoms with E-state index in [0.717, 1.165) is 23.8 Å². The van der Waals surface area contributed by atoms with E-state index in [-0.39, 0.29) is 29.4 Å². The van der Waals surface area contributed by atoms with Crippen LogP contribution < -0.4 is 20.1 Å². The fourth-order valence-electron chi connectivity index (χ4n) is 3.31. The van der Waals surface area contributed by atoms with Crippen molar-refractivity contribution in [1.82, 2.24) is 0 Å². The molecule has 0 saturated heterocycles. The van der Waals surface area contributed by atoms with Gasteiger partial charge in [0.1, 0.15) is 11.6 Å². The molecule has 0 bridgehead atoms. The zero-order chi connectivity index (χ0) is 27.9. The summed E-state index contributed by atoms with van der Waals surface area (Å²) in [5.74, 6) is -0.859. The zero-order valence-corrected chi connectivity index (χ0v) is 21.7. The number of halogens is 4. The summed E-state index contributed by atoms with van der Waals surface area (Å²) in [6.07, 6.45) is -3.34. The Morgan fingerprint density at radius 3 is 2.37 bits per heavy atom. The fraction of sp³-hybridized carbons (Fsp3) is 0.148. The first-order valence-electron chi connectivity index (χ1n) is 11.0. The van der Waals surface area contributed by atoms with Gasteiger partial charge in [-0.3, -0.25) is 9.59 Å². The van der Waals surface area contributed by atoms with Crippen LogP contribution in [0.1, 0.15) is 16.7 Å². The van der Waals surface area contributed by atoms with E-state index in [0.29, 0.717) is 15.7 Å². The molecule has 2 amide bonds. The van der Waals surface area contributed by atoms with Crippen molar-refractivity contribution < 1.29 is 32.2 Å². The number of nitrogens with one attached hydrogen (secondary N) is 2. The highest BCUT2D eigenvalue weighted by Crippen LogP contribution is 2.37. The second kappa shape index (κ2) is 12.3. The number of amides is 2. The van der Waals surface area contributed by atoms with E-state index in [9.17, 15) is 28.0 Å². The number of nitriles is 1. The topological polar surface area (TPSA) is 100 Å². The molecule has 0 aliphatic heterocycles. The van der Waals surface area contributed by atoms with E-state index < -0.39 is 23.6 Å². The lowest BCUT2D eigenvalue weighted by Gasteiger charge is -2.14. The minimum atomic E-state index is -4.58. The first-order chi connectivity index (χ1) is 18.0. The maximum atomic E-state index is 12.9. The summed E-state index contributed by atoms with van der Waals surface area (Å²) in [5.41, 5.74) is 0.560. The lowest BCUT2D eigenvalue weighted by molar-refractivity contribution is -0.137. The average molecular weight is 588 g/mol. The molecule has 2 N–H and O–H groups in total. The molecule has 196 valence electrons. The molecule has 0 fully saturated rings. The molecule has 0 aliphatic rings. The molecule has 7 nitrogen and oxygen atoms in total. The Labute approximate surface area is 225 Å². The predicted octanol–water partition coefficient (Wildman–Crippen LogP) is 6.35. The van der Waals surface area contributed by atoms with Gasteiger partial charge in [-0.2, -0.15) is 18.4 Å². The van der Waals surface area contributed by atoms with Crippen molar-refractivity contribution in [3.63, 3.8) is 0 Å². The molecule has 0 heterocycles. The van der Waals surface area contributed by atoms with Crippen molar-refractivity contribution in [2.45, 2.75) is 13.1 Å². The second-order valence-corrected chi connectivity index (χ2v) is 8.80. The Hall–Kier alpha value is -4.30. The van der Waals surface area contributed by atoms with E-state index in [2.05, 4.69) is 26.6 Å². The standard InChI is InChI=1S/C27H21BrF3N3O4/c1-16-5-3-7-20(9-16)33-24(35)15-38-25-22(28)11-17(12-23(25)37-2)10-18(14-32)26(36)34-21-8-4-6-19(13-21)27(29,30)31/h3-13H,15H2,1-2H3,(H,33,35)(H,34,36)/b18-10+. The largest absolute Gasteiger partial charge is 0.493 e. The Balaban J connectivity index is 1.75. The highest BCUT2D eigenvalue weighted by atomic mass is 79.9. The van der Waals surface area contributed by atoms with Gasteiger partial charge in [0.05, 0.1) is 17.1 Å². The molecule has 3 rings (SSSR count). The molecule has 3 aromatic carbocycles. The van der Waals surface area contributed by atoms with Crippen molar-refractivity contribution in [2.75, 3.05) is 24.4 Å². The van der Waals surface area contributed by atoms with Gasteiger partial charge in [0.15, 0.2) is 18.1 Å². The van der Waals surface area contributed by atoms with Crippen molar-refractivity contribution in [2.24, 2.45) is 0 Å². The molecule has 3 aromatic rings. The molecule has 0 radical (unpaired) electrons. The van der Waals surface area contributed by atoms with Gasteiger partial charge in [0.2, 0.25) is 0 Å². The summed E-state index contributed by atoms with van der Waals surface area (Å²) in [6.45, 7) is 1.58. The van der Waals surface area contributed by atoms with E-state index in [1.54, 1.807) is 12.1 Å². The third-order valence-corrected chi connectivity index (χ3v) is 5.61. The Kier molecular flexibility index (Phi) is 9.15. The maximum Gasteiger partial charge on any atom is 0.416 e. The first-order valence-corrected chi connectivity index (χ1v) is 11.8. The van der Waals surface area contributed by atoms with Crippen LogP contribution in [0.4, 0.5) is 24.5 Å². The molecule has 0 unspecified atom stereocenters. The summed E-state index contributed by atoms with van der Waals surface area (Å²) in [7, 11) is 1.38. The number of ether oxygens (including phenoxy) is 2. The summed E-state index contributed by atoms with van der Waals surface area (Å²) in [5, 5.41) is 14.5. The van der Waals surface area contributed by atoms with Gasteiger partial charge in [-0.1, -0.05) is 18.2 Å². The second-order valence-electron chi connectivity index (χ2n) is 7.94. The molecular formula is C27H21BrF3N3O4. The molecular weight excluding hydrogens is 567 g/mol. The van der Waals surface area contributed by atoms with Crippen molar-refractivity contribution in [3.8, 4) is 17.6 Å². The number of nitrogens with zero attached hydrogens (tertiary/aromatic N) is 1. The molecule has 0 atom stereocenters. The van der Waals surface area contributed by atoms with Crippen LogP contribution in [0.2, 0.25) is 0 Å². The predicted molar refractivity (Wildman–Crippen MR) is 140 cm³/mol. The number of carbonyl (C=O) groups excluding carboxylic acids is 2. The SMILES string of the molecule is COc1cc(/C=C(\C#N)C(=O)Nc2cccc(C(F)(F)F)c2)cc(Br)c1OCC(=O)Nc1cccc(C)c1. The Bertz CT molecular complexity index is 1430. The highest BCUT2D eigenvalue weighted by Gasteiger charge is 2.30. The van der Waals surface area contributed by atoms with Gasteiger partial charge in [-0.15, -0.1) is 0 Å². The monoisotopic (exact) mass is 587 g/mol. The molecule has 38 heavy (non-hydrogen) atoms. The maximum absolute atomic E-state index is 12.9. The number of hydrogen-bond donors (Lipinski definition) is 2. The number of rotatable bonds is 8. The fourth-order valence-corrected chi connectivity index (χ4v) is 3.88. The smallest absolute Gasteiger partial charge is 0.416 e. The average Bonchev–Trinajstić information content (AvgIpc) is 2.85. The van der Waals surface area contributed by atoms with E-state index in [1.165, 1.54) is 31.4 Å². The molecule has 0 saturated carbocycles.